The van der Waals surface area contributed by atoms with Gasteiger partial charge in [0.2, 0.25) is 0 Å². The van der Waals surface area contributed by atoms with E-state index in [4.69, 9.17) is 11.2 Å². The fraction of sp³-hybridized carbons (Fsp3) is 0.125. The van der Waals surface area contributed by atoms with Crippen molar-refractivity contribution >= 4 is 5.69 Å². The molecule has 0 heterocycles. The summed E-state index contributed by atoms with van der Waals surface area (Å²) in [5.74, 6) is 3.32. The Morgan fingerprint density at radius 1 is 1.05 bits per heavy atom. The van der Waals surface area contributed by atoms with Crippen LogP contribution in [0.4, 0.5) is 5.69 Å². The number of terminal acetylenes is 1. The minimum Gasteiger partial charge on any atom is -0.489 e. The van der Waals surface area contributed by atoms with Gasteiger partial charge in [0.25, 0.3) is 5.69 Å². The van der Waals surface area contributed by atoms with Crippen LogP contribution >= 0.6 is 0 Å². The van der Waals surface area contributed by atoms with Crippen molar-refractivity contribution in [1.29, 1.82) is 0 Å². The Balaban J connectivity index is 1.94. The van der Waals surface area contributed by atoms with Gasteiger partial charge in [0, 0.05) is 18.6 Å². The van der Waals surface area contributed by atoms with E-state index in [2.05, 4.69) is 5.92 Å². The molecule has 0 N–H and O–H groups in total. The molecule has 0 aromatic heterocycles. The Morgan fingerprint density at radius 3 is 2.20 bits per heavy atom. The smallest absolute Gasteiger partial charge is 0.269 e. The molecule has 100 valence electrons. The Kier molecular flexibility index (Phi) is 4.35. The largest absolute Gasteiger partial charge is 0.489 e. The van der Waals surface area contributed by atoms with Crippen molar-refractivity contribution in [3.63, 3.8) is 0 Å². The third-order valence-electron chi connectivity index (χ3n) is 2.78. The van der Waals surface area contributed by atoms with Crippen molar-refractivity contribution in [3.05, 3.63) is 69.8 Å². The first-order valence-electron chi connectivity index (χ1n) is 6.07. The van der Waals surface area contributed by atoms with Crippen molar-refractivity contribution < 1.29 is 9.66 Å². The van der Waals surface area contributed by atoms with Gasteiger partial charge >= 0.3 is 0 Å². The molecule has 0 unspecified atom stereocenters. The summed E-state index contributed by atoms with van der Waals surface area (Å²) in [6, 6.07) is 13.9. The minimum absolute atomic E-state index is 0.0763. The van der Waals surface area contributed by atoms with Crippen LogP contribution in [0.1, 0.15) is 11.1 Å². The molecule has 0 saturated carbocycles. The Labute approximate surface area is 117 Å². The lowest BCUT2D eigenvalue weighted by atomic mass is 10.1. The third-order valence-corrected chi connectivity index (χ3v) is 2.78. The van der Waals surface area contributed by atoms with E-state index in [1.54, 1.807) is 12.1 Å². The highest BCUT2D eigenvalue weighted by Crippen LogP contribution is 2.16. The summed E-state index contributed by atoms with van der Waals surface area (Å²) in [5.41, 5.74) is 2.02. The SMILES string of the molecule is C#CCc1ccc(OCc2ccc([N+](=O)[O-])cc2)cc1. The molecule has 2 aromatic carbocycles. The lowest BCUT2D eigenvalue weighted by Gasteiger charge is -2.06. The number of benzene rings is 2. The highest BCUT2D eigenvalue weighted by Gasteiger charge is 2.04. The molecule has 4 nitrogen and oxygen atoms in total. The van der Waals surface area contributed by atoms with Crippen molar-refractivity contribution in [1.82, 2.24) is 0 Å². The van der Waals surface area contributed by atoms with Gasteiger partial charge in [0.05, 0.1) is 4.92 Å². The molecule has 0 aliphatic carbocycles. The van der Waals surface area contributed by atoms with E-state index in [9.17, 15) is 10.1 Å². The molecule has 0 saturated heterocycles. The molecule has 4 heteroatoms. The van der Waals surface area contributed by atoms with E-state index < -0.39 is 4.92 Å². The molecule has 0 fully saturated rings. The summed E-state index contributed by atoms with van der Waals surface area (Å²) in [4.78, 5) is 10.1. The third kappa shape index (κ3) is 3.59. The number of nitro groups is 1. The molecule has 0 bridgehead atoms. The van der Waals surface area contributed by atoms with E-state index in [0.717, 1.165) is 16.9 Å². The van der Waals surface area contributed by atoms with Crippen LogP contribution in [0.2, 0.25) is 0 Å². The zero-order chi connectivity index (χ0) is 14.4. The van der Waals surface area contributed by atoms with E-state index in [1.807, 2.05) is 24.3 Å². The van der Waals surface area contributed by atoms with Crippen LogP contribution in [0.3, 0.4) is 0 Å². The van der Waals surface area contributed by atoms with Crippen LogP contribution in [-0.4, -0.2) is 4.92 Å². The van der Waals surface area contributed by atoms with Crippen LogP contribution in [0.15, 0.2) is 48.5 Å². The molecule has 2 aromatic rings. The van der Waals surface area contributed by atoms with Gasteiger partial charge in [-0.1, -0.05) is 12.1 Å². The zero-order valence-corrected chi connectivity index (χ0v) is 10.8. The van der Waals surface area contributed by atoms with Crippen LogP contribution in [-0.2, 0) is 13.0 Å². The molecule has 0 radical (unpaired) electrons. The maximum absolute atomic E-state index is 10.5. The van der Waals surface area contributed by atoms with Gasteiger partial charge in [-0.05, 0) is 35.4 Å². The molecular weight excluding hydrogens is 254 g/mol. The first-order chi connectivity index (χ1) is 9.69. The fourth-order valence-corrected chi connectivity index (χ4v) is 1.70. The first-order valence-corrected chi connectivity index (χ1v) is 6.07. The lowest BCUT2D eigenvalue weighted by molar-refractivity contribution is -0.384. The number of non-ortho nitro benzene ring substituents is 1. The Bertz CT molecular complexity index is 624. The summed E-state index contributed by atoms with van der Waals surface area (Å²) in [6.07, 6.45) is 5.84. The van der Waals surface area contributed by atoms with Crippen molar-refractivity contribution in [2.45, 2.75) is 13.0 Å². The molecular formula is C16H13NO3. The van der Waals surface area contributed by atoms with E-state index in [1.165, 1.54) is 12.1 Å². The summed E-state index contributed by atoms with van der Waals surface area (Å²) >= 11 is 0. The average Bonchev–Trinajstić information content (AvgIpc) is 2.47. The van der Waals surface area contributed by atoms with Gasteiger partial charge in [0.15, 0.2) is 0 Å². The second-order valence-corrected chi connectivity index (χ2v) is 4.24. The molecule has 0 spiro atoms. The highest BCUT2D eigenvalue weighted by molar-refractivity contribution is 5.33. The summed E-state index contributed by atoms with van der Waals surface area (Å²) in [7, 11) is 0. The quantitative estimate of drug-likeness (QED) is 0.474. The molecule has 0 amide bonds. The number of hydrogen-bond donors (Lipinski definition) is 0. The van der Waals surface area contributed by atoms with Gasteiger partial charge < -0.3 is 4.74 Å². The predicted molar refractivity (Wildman–Crippen MR) is 76.4 cm³/mol. The predicted octanol–water partition coefficient (Wildman–Crippen LogP) is 3.35. The van der Waals surface area contributed by atoms with Gasteiger partial charge in [-0.25, -0.2) is 0 Å². The van der Waals surface area contributed by atoms with E-state index in [0.29, 0.717) is 13.0 Å². The van der Waals surface area contributed by atoms with Crippen LogP contribution in [0.25, 0.3) is 0 Å². The second-order valence-electron chi connectivity index (χ2n) is 4.24. The number of nitrogens with zero attached hydrogens (tertiary/aromatic N) is 1. The van der Waals surface area contributed by atoms with Gasteiger partial charge in [-0.15, -0.1) is 12.3 Å². The first kappa shape index (κ1) is 13.6. The van der Waals surface area contributed by atoms with Gasteiger partial charge in [-0.3, -0.25) is 10.1 Å². The molecule has 0 aliphatic heterocycles. The average molecular weight is 267 g/mol. The standard InChI is InChI=1S/C16H13NO3/c1-2-3-13-6-10-16(11-7-13)20-12-14-4-8-15(9-5-14)17(18)19/h1,4-11H,3,12H2. The van der Waals surface area contributed by atoms with Gasteiger partial charge in [0.1, 0.15) is 12.4 Å². The number of hydrogen-bond acceptors (Lipinski definition) is 3. The fourth-order valence-electron chi connectivity index (χ4n) is 1.70. The topological polar surface area (TPSA) is 52.4 Å². The second kappa shape index (κ2) is 6.39. The molecule has 2 rings (SSSR count). The zero-order valence-electron chi connectivity index (χ0n) is 10.8. The van der Waals surface area contributed by atoms with Gasteiger partial charge in [-0.2, -0.15) is 0 Å². The van der Waals surface area contributed by atoms with Crippen LogP contribution in [0.5, 0.6) is 5.75 Å². The monoisotopic (exact) mass is 267 g/mol. The summed E-state index contributed by atoms with van der Waals surface area (Å²) in [5, 5.41) is 10.5. The van der Waals surface area contributed by atoms with Crippen molar-refractivity contribution in [2.24, 2.45) is 0 Å². The Hall–Kier alpha value is -2.80. The van der Waals surface area contributed by atoms with E-state index >= 15 is 0 Å². The van der Waals surface area contributed by atoms with Crippen molar-refractivity contribution in [3.8, 4) is 18.1 Å². The lowest BCUT2D eigenvalue weighted by Crippen LogP contribution is -1.96. The Morgan fingerprint density at radius 2 is 1.65 bits per heavy atom. The number of rotatable bonds is 5. The number of nitro benzene ring substituents is 1. The maximum Gasteiger partial charge on any atom is 0.269 e. The molecule has 20 heavy (non-hydrogen) atoms. The summed E-state index contributed by atoms with van der Waals surface area (Å²) in [6.45, 7) is 0.368. The van der Waals surface area contributed by atoms with Crippen LogP contribution in [0, 0.1) is 22.5 Å². The maximum atomic E-state index is 10.5. The van der Waals surface area contributed by atoms with Crippen molar-refractivity contribution in [2.75, 3.05) is 0 Å². The summed E-state index contributed by atoms with van der Waals surface area (Å²) < 4.78 is 5.60. The van der Waals surface area contributed by atoms with Crippen LogP contribution < -0.4 is 4.74 Å². The van der Waals surface area contributed by atoms with E-state index in [-0.39, 0.29) is 5.69 Å². The molecule has 0 aliphatic rings. The molecule has 0 atom stereocenters. The normalized spacial score (nSPS) is 9.75. The highest BCUT2D eigenvalue weighted by atomic mass is 16.6. The number of ether oxygens (including phenoxy) is 1. The minimum atomic E-state index is -0.422.